The molecule has 0 spiro atoms. The standard InChI is InChI=1S/C6H5FS.K/c7-5-1-3-6(8)4-2-5;/h1-4,8H;/q;+1/p-1. The van der Waals surface area contributed by atoms with Crippen LogP contribution in [0.5, 0.6) is 0 Å². The molecule has 0 bridgehead atoms. The second-order valence-corrected chi connectivity index (χ2v) is 1.93. The van der Waals surface area contributed by atoms with Gasteiger partial charge in [0, 0.05) is 0 Å². The fourth-order valence-corrected chi connectivity index (χ4v) is 0.571. The summed E-state index contributed by atoms with van der Waals surface area (Å²) in [7, 11) is 0. The van der Waals surface area contributed by atoms with E-state index in [2.05, 4.69) is 0 Å². The van der Waals surface area contributed by atoms with Crippen LogP contribution in [0, 0.1) is 5.82 Å². The number of rotatable bonds is 0. The van der Waals surface area contributed by atoms with Gasteiger partial charge >= 0.3 is 51.4 Å². The van der Waals surface area contributed by atoms with Gasteiger partial charge in [-0.15, -0.1) is 0 Å². The first-order valence-electron chi connectivity index (χ1n) is 2.21. The van der Waals surface area contributed by atoms with Crippen molar-refractivity contribution in [1.82, 2.24) is 0 Å². The van der Waals surface area contributed by atoms with E-state index >= 15 is 0 Å². The molecule has 0 aromatic heterocycles. The second-order valence-electron chi connectivity index (χ2n) is 1.45. The molecule has 0 saturated carbocycles. The molecule has 0 unspecified atom stereocenters. The SMILES string of the molecule is Fc1ccc([S-])cc1.[K+]. The van der Waals surface area contributed by atoms with Gasteiger partial charge in [-0.2, -0.15) is 4.90 Å². The Bertz CT molecular complexity index is 152. The van der Waals surface area contributed by atoms with Crippen molar-refractivity contribution in [3.63, 3.8) is 0 Å². The average molecular weight is 166 g/mol. The Morgan fingerprint density at radius 2 is 1.56 bits per heavy atom. The van der Waals surface area contributed by atoms with Gasteiger partial charge in [-0.1, -0.05) is 12.1 Å². The maximum Gasteiger partial charge on any atom is 1.00 e. The van der Waals surface area contributed by atoms with Crippen LogP contribution < -0.4 is 51.4 Å². The van der Waals surface area contributed by atoms with Crippen molar-refractivity contribution in [1.29, 1.82) is 0 Å². The summed E-state index contributed by atoms with van der Waals surface area (Å²) < 4.78 is 12.0. The Hall–Kier alpha value is 1.01. The summed E-state index contributed by atoms with van der Waals surface area (Å²) in [4.78, 5) is 0.673. The molecule has 0 atom stereocenters. The smallest absolute Gasteiger partial charge is 0.780 e. The van der Waals surface area contributed by atoms with Crippen molar-refractivity contribution in [2.24, 2.45) is 0 Å². The number of hydrogen-bond acceptors (Lipinski definition) is 1. The van der Waals surface area contributed by atoms with Crippen LogP contribution in [0.4, 0.5) is 4.39 Å². The summed E-state index contributed by atoms with van der Waals surface area (Å²) >= 11 is 4.70. The van der Waals surface area contributed by atoms with Crippen LogP contribution in [0.25, 0.3) is 0 Å². The summed E-state index contributed by atoms with van der Waals surface area (Å²) in [5, 5.41) is 0. The molecular weight excluding hydrogens is 162 g/mol. The van der Waals surface area contributed by atoms with Crippen LogP contribution in [0.1, 0.15) is 0 Å². The van der Waals surface area contributed by atoms with Crippen molar-refractivity contribution >= 4 is 12.6 Å². The van der Waals surface area contributed by atoms with Crippen LogP contribution in [0.15, 0.2) is 29.2 Å². The minimum atomic E-state index is -0.237. The summed E-state index contributed by atoms with van der Waals surface area (Å²) in [6.45, 7) is 0. The van der Waals surface area contributed by atoms with Gasteiger partial charge in [0.2, 0.25) is 0 Å². The first-order chi connectivity index (χ1) is 3.79. The molecule has 1 aromatic carbocycles. The summed E-state index contributed by atoms with van der Waals surface area (Å²) in [6.07, 6.45) is 0. The quantitative estimate of drug-likeness (QED) is 0.342. The van der Waals surface area contributed by atoms with E-state index in [0.29, 0.717) is 4.90 Å². The second kappa shape index (κ2) is 4.77. The molecule has 0 aliphatic rings. The minimum Gasteiger partial charge on any atom is -0.780 e. The normalized spacial score (nSPS) is 8.11. The van der Waals surface area contributed by atoms with Crippen molar-refractivity contribution in [2.45, 2.75) is 4.90 Å². The Kier molecular flexibility index (Phi) is 5.30. The molecule has 3 heteroatoms. The zero-order valence-corrected chi connectivity index (χ0v) is 9.04. The van der Waals surface area contributed by atoms with E-state index < -0.39 is 0 Å². The van der Waals surface area contributed by atoms with Gasteiger partial charge < -0.3 is 12.6 Å². The molecule has 0 aliphatic carbocycles. The van der Waals surface area contributed by atoms with E-state index in [1.54, 1.807) is 12.1 Å². The van der Waals surface area contributed by atoms with Crippen molar-refractivity contribution in [2.75, 3.05) is 0 Å². The zero-order valence-electron chi connectivity index (χ0n) is 5.10. The van der Waals surface area contributed by atoms with E-state index in [1.165, 1.54) is 12.1 Å². The topological polar surface area (TPSA) is 0 Å². The molecule has 0 heterocycles. The van der Waals surface area contributed by atoms with Gasteiger partial charge in [-0.05, 0) is 12.1 Å². The molecule has 9 heavy (non-hydrogen) atoms. The van der Waals surface area contributed by atoms with Crippen LogP contribution in [-0.2, 0) is 12.6 Å². The van der Waals surface area contributed by atoms with Gasteiger partial charge in [-0.3, -0.25) is 0 Å². The van der Waals surface area contributed by atoms with Crippen LogP contribution in [0.3, 0.4) is 0 Å². The summed E-state index contributed by atoms with van der Waals surface area (Å²) in [5.41, 5.74) is 0. The first-order valence-corrected chi connectivity index (χ1v) is 2.62. The molecule has 1 aromatic rings. The third-order valence-corrected chi connectivity index (χ3v) is 1.09. The van der Waals surface area contributed by atoms with E-state index in [1.807, 2.05) is 0 Å². The maximum atomic E-state index is 12.0. The third kappa shape index (κ3) is 3.65. The molecule has 0 radical (unpaired) electrons. The molecule has 0 N–H and O–H groups in total. The summed E-state index contributed by atoms with van der Waals surface area (Å²) in [5.74, 6) is -0.237. The van der Waals surface area contributed by atoms with Gasteiger partial charge in [0.1, 0.15) is 5.82 Å². The summed E-state index contributed by atoms with van der Waals surface area (Å²) in [6, 6.07) is 5.82. The Morgan fingerprint density at radius 3 is 1.89 bits per heavy atom. The fourth-order valence-electron chi connectivity index (χ4n) is 0.435. The van der Waals surface area contributed by atoms with Crippen molar-refractivity contribution < 1.29 is 55.8 Å². The van der Waals surface area contributed by atoms with E-state index in [9.17, 15) is 4.39 Å². The third-order valence-electron chi connectivity index (χ3n) is 0.814. The largest absolute Gasteiger partial charge is 1.00 e. The van der Waals surface area contributed by atoms with E-state index in [-0.39, 0.29) is 57.2 Å². The van der Waals surface area contributed by atoms with Crippen LogP contribution in [0.2, 0.25) is 0 Å². The molecule has 0 fully saturated rings. The van der Waals surface area contributed by atoms with Crippen molar-refractivity contribution in [3.8, 4) is 0 Å². The van der Waals surface area contributed by atoms with E-state index in [0.717, 1.165) is 0 Å². The monoisotopic (exact) mass is 166 g/mol. The number of halogens is 1. The molecular formula is C6H4FKS. The Labute approximate surface area is 102 Å². The predicted molar refractivity (Wildman–Crippen MR) is 32.0 cm³/mol. The zero-order chi connectivity index (χ0) is 5.98. The molecule has 1 rings (SSSR count). The molecule has 0 saturated heterocycles. The predicted octanol–water partition coefficient (Wildman–Crippen LogP) is -1.26. The molecule has 0 amide bonds. The molecule has 0 aliphatic heterocycles. The van der Waals surface area contributed by atoms with Crippen molar-refractivity contribution in [3.05, 3.63) is 30.1 Å². The van der Waals surface area contributed by atoms with Gasteiger partial charge in [0.15, 0.2) is 0 Å². The number of benzene rings is 1. The van der Waals surface area contributed by atoms with Crippen LogP contribution >= 0.6 is 0 Å². The van der Waals surface area contributed by atoms with Crippen LogP contribution in [-0.4, -0.2) is 0 Å². The van der Waals surface area contributed by atoms with Gasteiger partial charge in [0.05, 0.1) is 0 Å². The number of hydrogen-bond donors (Lipinski definition) is 0. The average Bonchev–Trinajstić information content (AvgIpc) is 1.77. The van der Waals surface area contributed by atoms with Gasteiger partial charge in [-0.25, -0.2) is 4.39 Å². The molecule has 42 valence electrons. The molecule has 0 nitrogen and oxygen atoms in total. The minimum absolute atomic E-state index is 0. The van der Waals surface area contributed by atoms with E-state index in [4.69, 9.17) is 12.6 Å². The Balaban J connectivity index is 0.000000640. The van der Waals surface area contributed by atoms with Gasteiger partial charge in [0.25, 0.3) is 0 Å². The fraction of sp³-hybridized carbons (Fsp3) is 0. The first kappa shape index (κ1) is 10.0. The maximum absolute atomic E-state index is 12.0. The Morgan fingerprint density at radius 1 is 1.11 bits per heavy atom.